The van der Waals surface area contributed by atoms with Crippen LogP contribution in [-0.2, 0) is 24.7 Å². The van der Waals surface area contributed by atoms with E-state index in [4.69, 9.17) is 4.89 Å². The van der Waals surface area contributed by atoms with E-state index in [0.29, 0.717) is 0 Å². The van der Waals surface area contributed by atoms with Gasteiger partial charge in [0.15, 0.2) is 5.78 Å². The van der Waals surface area contributed by atoms with Gasteiger partial charge < -0.3 is 14.5 Å². The van der Waals surface area contributed by atoms with Gasteiger partial charge in [0.25, 0.3) is 0 Å². The molecule has 0 bridgehead atoms. The van der Waals surface area contributed by atoms with Crippen LogP contribution in [0.25, 0.3) is 6.08 Å². The summed E-state index contributed by atoms with van der Waals surface area (Å²) >= 11 is 0. The predicted molar refractivity (Wildman–Crippen MR) is 117 cm³/mol. The van der Waals surface area contributed by atoms with Crippen LogP contribution in [0.3, 0.4) is 0 Å². The van der Waals surface area contributed by atoms with E-state index in [2.05, 4.69) is 18.4 Å². The van der Waals surface area contributed by atoms with Gasteiger partial charge in [0.1, 0.15) is 12.4 Å². The third kappa shape index (κ3) is 9.68. The number of aromatic hydroxyl groups is 1. The summed E-state index contributed by atoms with van der Waals surface area (Å²) in [4.78, 5) is 20.2. The Hall–Kier alpha value is -1.42. The van der Waals surface area contributed by atoms with Crippen LogP contribution >= 0.6 is 8.25 Å². The number of carbonyl (C=O) groups excluding carboxylic acids is 1. The second-order valence-electron chi connectivity index (χ2n) is 8.82. The molecule has 0 aromatic heterocycles. The molecule has 1 aromatic rings. The van der Waals surface area contributed by atoms with Crippen LogP contribution in [0.1, 0.15) is 84.9 Å². The summed E-state index contributed by atoms with van der Waals surface area (Å²) < 4.78 is 14.9. The van der Waals surface area contributed by atoms with Crippen molar-refractivity contribution in [2.75, 3.05) is 6.61 Å². The number of hydrogen-bond donors (Lipinski definition) is 2. The maximum absolute atomic E-state index is 11.7. The monoisotopic (exact) mass is 412 g/mol. The average molecular weight is 413 g/mol. The number of hydrogen-bond acceptors (Lipinski definition) is 4. The van der Waals surface area contributed by atoms with Crippen LogP contribution in [0, 0.1) is 0 Å². The van der Waals surface area contributed by atoms with Gasteiger partial charge in [-0.05, 0) is 34.6 Å². The fourth-order valence-corrected chi connectivity index (χ4v) is 2.53. The quantitative estimate of drug-likeness (QED) is 0.457. The van der Waals surface area contributed by atoms with Gasteiger partial charge in [0.2, 0.25) is 0 Å². The maximum Gasteiger partial charge on any atom is 0.317 e. The minimum atomic E-state index is -3.11. The Morgan fingerprint density at radius 1 is 1.04 bits per heavy atom. The van der Waals surface area contributed by atoms with Crippen LogP contribution in [0.2, 0.25) is 0 Å². The minimum Gasteiger partial charge on any atom is -0.507 e. The molecule has 0 saturated heterocycles. The molecule has 1 unspecified atom stereocenters. The standard InChI is InChI=1S/C18H27O5P.C4H10/c1-17(2,3)14-9-12(7-8-13(19)11-23-24(21)22)10-15(16(14)20)18(4,5)6;1-3-4-2/h7-10,20,24H,11H2,1-6H3,(H,21,22);3-4H2,1-2H3/b8-7+;. The molecule has 0 fully saturated rings. The number of phenols is 1. The molecule has 0 amide bonds. The predicted octanol–water partition coefficient (Wildman–Crippen LogP) is 5.77. The highest BCUT2D eigenvalue weighted by Gasteiger charge is 2.26. The van der Waals surface area contributed by atoms with Crippen molar-refractivity contribution in [1.82, 2.24) is 0 Å². The van der Waals surface area contributed by atoms with E-state index in [-0.39, 0.29) is 16.6 Å². The van der Waals surface area contributed by atoms with E-state index in [1.165, 1.54) is 18.9 Å². The van der Waals surface area contributed by atoms with Crippen LogP contribution in [0.15, 0.2) is 18.2 Å². The van der Waals surface area contributed by atoms with Crippen molar-refractivity contribution in [3.8, 4) is 5.75 Å². The van der Waals surface area contributed by atoms with E-state index < -0.39 is 20.6 Å². The van der Waals surface area contributed by atoms with Crippen LogP contribution < -0.4 is 0 Å². The first-order chi connectivity index (χ1) is 12.7. The third-order valence-corrected chi connectivity index (χ3v) is 4.44. The third-order valence-electron chi connectivity index (χ3n) is 4.05. The fourth-order valence-electron chi connectivity index (χ4n) is 2.27. The number of unbranched alkanes of at least 4 members (excludes halogenated alkanes) is 1. The van der Waals surface area contributed by atoms with Gasteiger partial charge in [-0.1, -0.05) is 74.3 Å². The number of ketones is 1. The topological polar surface area (TPSA) is 83.8 Å². The van der Waals surface area contributed by atoms with E-state index in [9.17, 15) is 14.5 Å². The molecule has 1 atom stereocenters. The number of carbonyl (C=O) groups is 1. The van der Waals surface area contributed by atoms with Crippen LogP contribution in [0.4, 0.5) is 0 Å². The zero-order valence-corrected chi connectivity index (χ0v) is 19.5. The Labute approximate surface area is 170 Å². The summed E-state index contributed by atoms with van der Waals surface area (Å²) in [6, 6.07) is 3.70. The van der Waals surface area contributed by atoms with Gasteiger partial charge in [-0.3, -0.25) is 9.36 Å². The number of rotatable bonds is 6. The lowest BCUT2D eigenvalue weighted by Crippen LogP contribution is -2.17. The summed E-state index contributed by atoms with van der Waals surface area (Å²) in [5.74, 6) is -0.120. The minimum absolute atomic E-state index is 0.252. The zero-order chi connectivity index (χ0) is 22.1. The molecule has 1 aromatic carbocycles. The molecule has 0 aliphatic carbocycles. The van der Waals surface area contributed by atoms with Crippen molar-refractivity contribution < 1.29 is 23.9 Å². The molecule has 0 radical (unpaired) electrons. The zero-order valence-electron chi connectivity index (χ0n) is 18.5. The van der Waals surface area contributed by atoms with Crippen LogP contribution in [0.5, 0.6) is 5.75 Å². The summed E-state index contributed by atoms with van der Waals surface area (Å²) in [6.07, 6.45) is 5.58. The largest absolute Gasteiger partial charge is 0.507 e. The van der Waals surface area contributed by atoms with Gasteiger partial charge >= 0.3 is 8.25 Å². The van der Waals surface area contributed by atoms with Gasteiger partial charge in [-0.25, -0.2) is 0 Å². The van der Waals surface area contributed by atoms with Crippen molar-refractivity contribution in [3.63, 3.8) is 0 Å². The first-order valence-corrected chi connectivity index (χ1v) is 10.9. The van der Waals surface area contributed by atoms with E-state index >= 15 is 0 Å². The smallest absolute Gasteiger partial charge is 0.317 e. The first kappa shape index (κ1) is 26.6. The molecule has 0 saturated carbocycles. The molecule has 2 N–H and O–H groups in total. The second-order valence-corrected chi connectivity index (χ2v) is 9.64. The lowest BCUT2D eigenvalue weighted by atomic mass is 9.78. The van der Waals surface area contributed by atoms with E-state index in [1.54, 1.807) is 6.08 Å². The molecule has 28 heavy (non-hydrogen) atoms. The number of benzene rings is 1. The van der Waals surface area contributed by atoms with Crippen molar-refractivity contribution in [1.29, 1.82) is 0 Å². The van der Waals surface area contributed by atoms with Gasteiger partial charge in [-0.2, -0.15) is 0 Å². The average Bonchev–Trinajstić information content (AvgIpc) is 2.57. The van der Waals surface area contributed by atoms with Gasteiger partial charge in [-0.15, -0.1) is 0 Å². The van der Waals surface area contributed by atoms with E-state index in [1.807, 2.05) is 53.7 Å². The van der Waals surface area contributed by atoms with E-state index in [0.717, 1.165) is 16.7 Å². The molecular formula is C22H37O5P. The molecule has 5 nitrogen and oxygen atoms in total. The maximum atomic E-state index is 11.7. The summed E-state index contributed by atoms with van der Waals surface area (Å²) in [5.41, 5.74) is 1.89. The second kappa shape index (κ2) is 11.5. The Balaban J connectivity index is 0.00000165. The van der Waals surface area contributed by atoms with Crippen molar-refractivity contribution >= 4 is 20.1 Å². The van der Waals surface area contributed by atoms with Crippen molar-refractivity contribution in [2.24, 2.45) is 0 Å². The Morgan fingerprint density at radius 2 is 1.46 bits per heavy atom. The molecular weight excluding hydrogens is 375 g/mol. The highest BCUT2D eigenvalue weighted by atomic mass is 31.1. The van der Waals surface area contributed by atoms with Crippen molar-refractivity contribution in [3.05, 3.63) is 34.9 Å². The van der Waals surface area contributed by atoms with Gasteiger partial charge in [0.05, 0.1) is 0 Å². The summed E-state index contributed by atoms with van der Waals surface area (Å²) in [5, 5.41) is 10.6. The molecule has 1 rings (SSSR count). The highest BCUT2D eigenvalue weighted by Crippen LogP contribution is 2.40. The summed E-state index contributed by atoms with van der Waals surface area (Å²) in [7, 11) is -3.11. The molecule has 0 heterocycles. The molecule has 0 spiro atoms. The SMILES string of the molecule is CC(C)(C)c1cc(/C=C/C(=O)CO[PH](=O)O)cc(C(C)(C)C)c1O.CCCC. The highest BCUT2D eigenvalue weighted by molar-refractivity contribution is 7.32. The number of phenolic OH excluding ortho intramolecular Hbond substituents is 1. The Bertz CT molecular complexity index is 657. The first-order valence-electron chi connectivity index (χ1n) is 9.68. The van der Waals surface area contributed by atoms with Crippen molar-refractivity contribution in [2.45, 2.75) is 79.1 Å². The molecule has 0 aliphatic rings. The molecule has 160 valence electrons. The Morgan fingerprint density at radius 3 is 1.79 bits per heavy atom. The molecule has 0 aliphatic heterocycles. The normalized spacial score (nSPS) is 13.2. The lowest BCUT2D eigenvalue weighted by molar-refractivity contribution is -0.116. The Kier molecular flexibility index (Phi) is 11.0. The summed E-state index contributed by atoms with van der Waals surface area (Å²) in [6.45, 7) is 16.0. The van der Waals surface area contributed by atoms with Crippen LogP contribution in [-0.4, -0.2) is 22.4 Å². The lowest BCUT2D eigenvalue weighted by Gasteiger charge is -2.27. The van der Waals surface area contributed by atoms with Gasteiger partial charge in [0, 0.05) is 11.1 Å². The molecule has 6 heteroatoms. The fraction of sp³-hybridized carbons (Fsp3) is 0.591.